The second-order valence-corrected chi connectivity index (χ2v) is 6.15. The van der Waals surface area contributed by atoms with Crippen molar-refractivity contribution in [3.63, 3.8) is 0 Å². The average molecular weight is 352 g/mol. The van der Waals surface area contributed by atoms with Gasteiger partial charge in [0.15, 0.2) is 0 Å². The lowest BCUT2D eigenvalue weighted by molar-refractivity contribution is -0.140. The Labute approximate surface area is 147 Å². The number of esters is 2. The zero-order chi connectivity index (χ0) is 17.8. The van der Waals surface area contributed by atoms with Gasteiger partial charge in [0.1, 0.15) is 5.75 Å². The Kier molecular flexibility index (Phi) is 9.68. The molecule has 0 radical (unpaired) electrons. The van der Waals surface area contributed by atoms with Gasteiger partial charge in [-0.2, -0.15) is 0 Å². The number of rotatable bonds is 10. The molecule has 1 atom stereocenters. The number of hydrogen-bond donors (Lipinski definition) is 0. The zero-order valence-corrected chi connectivity index (χ0v) is 15.1. The first-order chi connectivity index (χ1) is 11.6. The van der Waals surface area contributed by atoms with Crippen LogP contribution in [-0.4, -0.2) is 38.0 Å². The van der Waals surface area contributed by atoms with Gasteiger partial charge in [0.05, 0.1) is 20.8 Å². The smallest absolute Gasteiger partial charge is 0.330 e. The molecule has 132 valence electrons. The first kappa shape index (κ1) is 20.1. The average Bonchev–Trinajstić information content (AvgIpc) is 2.61. The van der Waals surface area contributed by atoms with Gasteiger partial charge in [-0.1, -0.05) is 18.2 Å². The third-order valence-corrected chi connectivity index (χ3v) is 4.54. The van der Waals surface area contributed by atoms with E-state index in [1.165, 1.54) is 13.2 Å². The van der Waals surface area contributed by atoms with Crippen molar-refractivity contribution in [1.82, 2.24) is 0 Å². The fraction of sp³-hybridized carbons (Fsp3) is 0.444. The summed E-state index contributed by atoms with van der Waals surface area (Å²) in [5, 5.41) is 0.0237. The maximum absolute atomic E-state index is 11.5. The Morgan fingerprint density at radius 1 is 1.21 bits per heavy atom. The van der Waals surface area contributed by atoms with Crippen LogP contribution in [0.5, 0.6) is 5.75 Å². The van der Waals surface area contributed by atoms with Crippen molar-refractivity contribution < 1.29 is 23.8 Å². The SMILES string of the molecule is CCOC(=O)/C=C/[C@@H](CCC(=O)OC)SCc1ccc(OC)cc1. The maximum Gasteiger partial charge on any atom is 0.330 e. The molecule has 0 aliphatic rings. The summed E-state index contributed by atoms with van der Waals surface area (Å²) in [6, 6.07) is 7.82. The number of carbonyl (C=O) groups excluding carboxylic acids is 2. The van der Waals surface area contributed by atoms with Gasteiger partial charge in [0.25, 0.3) is 0 Å². The van der Waals surface area contributed by atoms with Crippen molar-refractivity contribution >= 4 is 23.7 Å². The van der Waals surface area contributed by atoms with Crippen molar-refractivity contribution in [2.75, 3.05) is 20.8 Å². The molecule has 24 heavy (non-hydrogen) atoms. The highest BCUT2D eigenvalue weighted by Gasteiger charge is 2.11. The Morgan fingerprint density at radius 2 is 1.92 bits per heavy atom. The third-order valence-electron chi connectivity index (χ3n) is 3.22. The molecule has 1 rings (SSSR count). The highest BCUT2D eigenvalue weighted by Crippen LogP contribution is 2.24. The molecule has 0 heterocycles. The number of methoxy groups -OCH3 is 2. The minimum Gasteiger partial charge on any atom is -0.497 e. The number of benzene rings is 1. The Hall–Kier alpha value is -1.95. The molecule has 0 aliphatic heterocycles. The number of ether oxygens (including phenoxy) is 3. The van der Waals surface area contributed by atoms with E-state index in [-0.39, 0.29) is 17.2 Å². The minimum absolute atomic E-state index is 0.0237. The standard InChI is InChI=1S/C18H24O5S/c1-4-23-18(20)12-10-16(9-11-17(19)22-3)24-13-14-5-7-15(21-2)8-6-14/h5-8,10,12,16H,4,9,11,13H2,1-3H3/b12-10+/t16-/m1/s1. The quantitative estimate of drug-likeness (QED) is 0.475. The number of thioether (sulfide) groups is 1. The molecule has 0 saturated carbocycles. The molecule has 0 aliphatic carbocycles. The Morgan fingerprint density at radius 3 is 2.50 bits per heavy atom. The van der Waals surface area contributed by atoms with Crippen LogP contribution < -0.4 is 4.74 Å². The monoisotopic (exact) mass is 352 g/mol. The van der Waals surface area contributed by atoms with Gasteiger partial charge in [0.2, 0.25) is 0 Å². The van der Waals surface area contributed by atoms with Crippen LogP contribution in [0.1, 0.15) is 25.3 Å². The lowest BCUT2D eigenvalue weighted by Crippen LogP contribution is -2.08. The summed E-state index contributed by atoms with van der Waals surface area (Å²) in [5.74, 6) is 0.955. The summed E-state index contributed by atoms with van der Waals surface area (Å²) in [5.41, 5.74) is 1.15. The van der Waals surface area contributed by atoms with Crippen LogP contribution in [0.25, 0.3) is 0 Å². The molecule has 0 spiro atoms. The van der Waals surface area contributed by atoms with E-state index in [0.717, 1.165) is 17.1 Å². The van der Waals surface area contributed by atoms with Crippen LogP contribution >= 0.6 is 11.8 Å². The van der Waals surface area contributed by atoms with E-state index >= 15 is 0 Å². The van der Waals surface area contributed by atoms with Crippen molar-refractivity contribution in [2.24, 2.45) is 0 Å². The van der Waals surface area contributed by atoms with Gasteiger partial charge in [0, 0.05) is 23.5 Å². The topological polar surface area (TPSA) is 61.8 Å². The lowest BCUT2D eigenvalue weighted by atomic mass is 10.2. The molecule has 0 amide bonds. The van der Waals surface area contributed by atoms with Crippen LogP contribution in [0, 0.1) is 0 Å². The second kappa shape index (κ2) is 11.6. The third kappa shape index (κ3) is 8.06. The summed E-state index contributed by atoms with van der Waals surface area (Å²) < 4.78 is 14.7. The minimum atomic E-state index is -0.370. The summed E-state index contributed by atoms with van der Waals surface area (Å²) in [6.07, 6.45) is 4.12. The molecular weight excluding hydrogens is 328 g/mol. The van der Waals surface area contributed by atoms with Crippen LogP contribution in [0.3, 0.4) is 0 Å². The van der Waals surface area contributed by atoms with Crippen LogP contribution in [0.2, 0.25) is 0 Å². The predicted octanol–water partition coefficient (Wildman–Crippen LogP) is 3.37. The summed E-state index contributed by atoms with van der Waals surface area (Å²) in [6.45, 7) is 2.11. The van der Waals surface area contributed by atoms with E-state index in [0.29, 0.717) is 19.4 Å². The fourth-order valence-corrected chi connectivity index (χ4v) is 2.97. The molecular formula is C18H24O5S. The first-order valence-corrected chi connectivity index (χ1v) is 8.80. The van der Waals surface area contributed by atoms with E-state index < -0.39 is 0 Å². The van der Waals surface area contributed by atoms with Crippen molar-refractivity contribution in [1.29, 1.82) is 0 Å². The highest BCUT2D eigenvalue weighted by molar-refractivity contribution is 7.99. The van der Waals surface area contributed by atoms with Crippen LogP contribution in [0.4, 0.5) is 0 Å². The lowest BCUT2D eigenvalue weighted by Gasteiger charge is -2.12. The van der Waals surface area contributed by atoms with Gasteiger partial charge in [-0.25, -0.2) is 4.79 Å². The molecule has 0 unspecified atom stereocenters. The normalized spacial score (nSPS) is 12.0. The van der Waals surface area contributed by atoms with Gasteiger partial charge in [-0.05, 0) is 31.0 Å². The van der Waals surface area contributed by atoms with Crippen LogP contribution in [0.15, 0.2) is 36.4 Å². The number of hydrogen-bond acceptors (Lipinski definition) is 6. The summed E-state index contributed by atoms with van der Waals surface area (Å²) in [4.78, 5) is 22.8. The first-order valence-electron chi connectivity index (χ1n) is 7.75. The van der Waals surface area contributed by atoms with Gasteiger partial charge >= 0.3 is 11.9 Å². The molecule has 5 nitrogen and oxygen atoms in total. The Bertz CT molecular complexity index is 539. The van der Waals surface area contributed by atoms with Gasteiger partial charge < -0.3 is 14.2 Å². The van der Waals surface area contributed by atoms with Gasteiger partial charge in [-0.3, -0.25) is 4.79 Å². The predicted molar refractivity (Wildman–Crippen MR) is 95.1 cm³/mol. The van der Waals surface area contributed by atoms with E-state index in [1.807, 2.05) is 24.3 Å². The van der Waals surface area contributed by atoms with E-state index in [2.05, 4.69) is 4.74 Å². The second-order valence-electron chi connectivity index (χ2n) is 4.92. The van der Waals surface area contributed by atoms with Crippen molar-refractivity contribution in [3.05, 3.63) is 42.0 Å². The van der Waals surface area contributed by atoms with Crippen LogP contribution in [-0.2, 0) is 24.8 Å². The van der Waals surface area contributed by atoms with Crippen molar-refractivity contribution in [3.8, 4) is 5.75 Å². The van der Waals surface area contributed by atoms with Crippen molar-refractivity contribution in [2.45, 2.75) is 30.8 Å². The zero-order valence-electron chi connectivity index (χ0n) is 14.3. The molecule has 0 saturated heterocycles. The maximum atomic E-state index is 11.5. The molecule has 6 heteroatoms. The fourth-order valence-electron chi connectivity index (χ4n) is 1.90. The largest absolute Gasteiger partial charge is 0.497 e. The summed E-state index contributed by atoms with van der Waals surface area (Å²) in [7, 11) is 3.00. The highest BCUT2D eigenvalue weighted by atomic mass is 32.2. The molecule has 0 bridgehead atoms. The van der Waals surface area contributed by atoms with E-state index in [9.17, 15) is 9.59 Å². The van der Waals surface area contributed by atoms with E-state index in [4.69, 9.17) is 9.47 Å². The molecule has 1 aromatic carbocycles. The summed E-state index contributed by atoms with van der Waals surface area (Å²) >= 11 is 1.66. The Balaban J connectivity index is 2.61. The molecule has 0 N–H and O–H groups in total. The van der Waals surface area contributed by atoms with E-state index in [1.54, 1.807) is 31.9 Å². The number of carbonyl (C=O) groups is 2. The molecule has 0 aromatic heterocycles. The van der Waals surface area contributed by atoms with Gasteiger partial charge in [-0.15, -0.1) is 11.8 Å². The molecule has 1 aromatic rings. The molecule has 0 fully saturated rings.